The van der Waals surface area contributed by atoms with Crippen LogP contribution in [0.1, 0.15) is 33.0 Å². The molecule has 0 amide bonds. The summed E-state index contributed by atoms with van der Waals surface area (Å²) >= 11 is 0. The van der Waals surface area contributed by atoms with Gasteiger partial charge in [0, 0.05) is 13.0 Å². The summed E-state index contributed by atoms with van der Waals surface area (Å²) in [6, 6.07) is 0. The number of hydrogen-bond acceptors (Lipinski definition) is 4. The van der Waals surface area contributed by atoms with Crippen LogP contribution < -0.4 is 0 Å². The SMILES string of the molecule is CC(C)(C)n1nnc(CCCO)n1. The molecule has 0 bridgehead atoms. The molecule has 0 fully saturated rings. The average Bonchev–Trinajstić information content (AvgIpc) is 2.47. The largest absolute Gasteiger partial charge is 0.396 e. The van der Waals surface area contributed by atoms with Gasteiger partial charge in [0.15, 0.2) is 5.82 Å². The number of aliphatic hydroxyl groups excluding tert-OH is 1. The molecule has 74 valence electrons. The van der Waals surface area contributed by atoms with E-state index >= 15 is 0 Å². The smallest absolute Gasteiger partial charge is 0.174 e. The Morgan fingerprint density at radius 2 is 2.08 bits per heavy atom. The van der Waals surface area contributed by atoms with Crippen molar-refractivity contribution in [2.75, 3.05) is 6.61 Å². The van der Waals surface area contributed by atoms with Gasteiger partial charge < -0.3 is 5.11 Å². The third-order valence-electron chi connectivity index (χ3n) is 1.61. The second-order valence-electron chi connectivity index (χ2n) is 3.99. The minimum Gasteiger partial charge on any atom is -0.396 e. The van der Waals surface area contributed by atoms with Crippen molar-refractivity contribution in [1.29, 1.82) is 0 Å². The Bertz CT molecular complexity index is 263. The van der Waals surface area contributed by atoms with E-state index in [2.05, 4.69) is 15.4 Å². The summed E-state index contributed by atoms with van der Waals surface area (Å²) in [6.07, 6.45) is 1.38. The van der Waals surface area contributed by atoms with Crippen molar-refractivity contribution in [2.45, 2.75) is 39.2 Å². The molecule has 1 aromatic rings. The third kappa shape index (κ3) is 2.77. The molecule has 5 nitrogen and oxygen atoms in total. The van der Waals surface area contributed by atoms with Crippen LogP contribution in [0.3, 0.4) is 0 Å². The standard InChI is InChI=1S/C8H16N4O/c1-8(2,3)12-10-7(9-11-12)5-4-6-13/h13H,4-6H2,1-3H3. The highest BCUT2D eigenvalue weighted by atomic mass is 16.2. The van der Waals surface area contributed by atoms with Crippen molar-refractivity contribution >= 4 is 0 Å². The van der Waals surface area contributed by atoms with E-state index in [1.165, 1.54) is 0 Å². The second kappa shape index (κ2) is 3.83. The molecule has 1 heterocycles. The molecule has 0 saturated carbocycles. The van der Waals surface area contributed by atoms with Crippen LogP contribution in [0.2, 0.25) is 0 Å². The highest BCUT2D eigenvalue weighted by Crippen LogP contribution is 2.09. The lowest BCUT2D eigenvalue weighted by atomic mass is 10.1. The Morgan fingerprint density at radius 1 is 1.38 bits per heavy atom. The van der Waals surface area contributed by atoms with Crippen LogP contribution in [0.4, 0.5) is 0 Å². The molecule has 13 heavy (non-hydrogen) atoms. The van der Waals surface area contributed by atoms with E-state index in [0.29, 0.717) is 18.7 Å². The molecule has 0 radical (unpaired) electrons. The molecular formula is C8H16N4O. The number of tetrazole rings is 1. The maximum absolute atomic E-state index is 8.61. The van der Waals surface area contributed by atoms with Crippen LogP contribution in [0.25, 0.3) is 0 Å². The van der Waals surface area contributed by atoms with Gasteiger partial charge in [0.2, 0.25) is 0 Å². The van der Waals surface area contributed by atoms with Gasteiger partial charge in [0.25, 0.3) is 0 Å². The predicted octanol–water partition coefficient (Wildman–Crippen LogP) is 0.353. The van der Waals surface area contributed by atoms with Crippen molar-refractivity contribution in [1.82, 2.24) is 20.2 Å². The van der Waals surface area contributed by atoms with Gasteiger partial charge >= 0.3 is 0 Å². The molecule has 0 aromatic carbocycles. The van der Waals surface area contributed by atoms with Gasteiger partial charge in [-0.2, -0.15) is 4.80 Å². The first kappa shape index (κ1) is 10.1. The number of rotatable bonds is 3. The van der Waals surface area contributed by atoms with Crippen molar-refractivity contribution in [2.24, 2.45) is 0 Å². The first-order valence-corrected chi connectivity index (χ1v) is 4.44. The maximum atomic E-state index is 8.61. The Balaban J connectivity index is 2.64. The molecule has 0 atom stereocenters. The van der Waals surface area contributed by atoms with Crippen LogP contribution in [0.15, 0.2) is 0 Å². The van der Waals surface area contributed by atoms with Gasteiger partial charge in [-0.1, -0.05) is 0 Å². The number of nitrogens with zero attached hydrogens (tertiary/aromatic N) is 4. The molecule has 0 aliphatic rings. The van der Waals surface area contributed by atoms with Crippen LogP contribution in [-0.4, -0.2) is 31.9 Å². The van der Waals surface area contributed by atoms with Gasteiger partial charge in [-0.05, 0) is 32.4 Å². The average molecular weight is 184 g/mol. The van der Waals surface area contributed by atoms with Crippen LogP contribution in [0, 0.1) is 0 Å². The molecule has 0 unspecified atom stereocenters. The van der Waals surface area contributed by atoms with Gasteiger partial charge in [-0.3, -0.25) is 0 Å². The van der Waals surface area contributed by atoms with E-state index in [1.807, 2.05) is 20.8 Å². The molecule has 0 aliphatic heterocycles. The van der Waals surface area contributed by atoms with E-state index < -0.39 is 0 Å². The fourth-order valence-electron chi connectivity index (χ4n) is 0.865. The summed E-state index contributed by atoms with van der Waals surface area (Å²) in [6.45, 7) is 6.23. The molecule has 1 N–H and O–H groups in total. The zero-order chi connectivity index (χ0) is 9.90. The van der Waals surface area contributed by atoms with Crippen LogP contribution in [-0.2, 0) is 12.0 Å². The molecule has 0 spiro atoms. The molecule has 1 aromatic heterocycles. The lowest BCUT2D eigenvalue weighted by molar-refractivity contribution is 0.286. The van der Waals surface area contributed by atoms with Crippen molar-refractivity contribution in [3.05, 3.63) is 5.82 Å². The zero-order valence-electron chi connectivity index (χ0n) is 8.36. The van der Waals surface area contributed by atoms with Gasteiger partial charge in [0.1, 0.15) is 0 Å². The van der Waals surface area contributed by atoms with E-state index in [9.17, 15) is 0 Å². The van der Waals surface area contributed by atoms with E-state index in [4.69, 9.17) is 5.11 Å². The first-order valence-electron chi connectivity index (χ1n) is 4.44. The van der Waals surface area contributed by atoms with E-state index in [0.717, 1.165) is 0 Å². The Hall–Kier alpha value is -0.970. The molecule has 0 aliphatic carbocycles. The Labute approximate surface area is 77.8 Å². The first-order chi connectivity index (χ1) is 6.04. The van der Waals surface area contributed by atoms with Crippen molar-refractivity contribution in [3.8, 4) is 0 Å². The van der Waals surface area contributed by atoms with E-state index in [-0.39, 0.29) is 12.1 Å². The highest BCUT2D eigenvalue weighted by Gasteiger charge is 2.16. The topological polar surface area (TPSA) is 63.8 Å². The molecule has 0 saturated heterocycles. The number of aliphatic hydroxyl groups is 1. The lowest BCUT2D eigenvalue weighted by Crippen LogP contribution is -2.24. The van der Waals surface area contributed by atoms with Crippen molar-refractivity contribution in [3.63, 3.8) is 0 Å². The van der Waals surface area contributed by atoms with Gasteiger partial charge in [-0.25, -0.2) is 0 Å². The molecular weight excluding hydrogens is 168 g/mol. The minimum atomic E-state index is -0.121. The van der Waals surface area contributed by atoms with E-state index in [1.54, 1.807) is 4.80 Å². The third-order valence-corrected chi connectivity index (χ3v) is 1.61. The summed E-state index contributed by atoms with van der Waals surface area (Å²) in [5, 5.41) is 20.6. The zero-order valence-corrected chi connectivity index (χ0v) is 8.36. The minimum absolute atomic E-state index is 0.121. The predicted molar refractivity (Wildman–Crippen MR) is 48.2 cm³/mol. The maximum Gasteiger partial charge on any atom is 0.174 e. The van der Waals surface area contributed by atoms with Gasteiger partial charge in [-0.15, -0.1) is 10.2 Å². The summed E-state index contributed by atoms with van der Waals surface area (Å²) in [5.74, 6) is 0.698. The van der Waals surface area contributed by atoms with Crippen LogP contribution >= 0.6 is 0 Å². The van der Waals surface area contributed by atoms with Crippen molar-refractivity contribution < 1.29 is 5.11 Å². The van der Waals surface area contributed by atoms with Crippen LogP contribution in [0.5, 0.6) is 0 Å². The Kier molecular flexibility index (Phi) is 2.98. The number of aromatic nitrogens is 4. The lowest BCUT2D eigenvalue weighted by Gasteiger charge is -2.15. The number of aryl methyl sites for hydroxylation is 1. The number of hydrogen-bond donors (Lipinski definition) is 1. The fourth-order valence-corrected chi connectivity index (χ4v) is 0.865. The summed E-state index contributed by atoms with van der Waals surface area (Å²) in [5.41, 5.74) is -0.121. The highest BCUT2D eigenvalue weighted by molar-refractivity contribution is 4.78. The Morgan fingerprint density at radius 3 is 2.54 bits per heavy atom. The monoisotopic (exact) mass is 184 g/mol. The van der Waals surface area contributed by atoms with Gasteiger partial charge in [0.05, 0.1) is 5.54 Å². The summed E-state index contributed by atoms with van der Waals surface area (Å²) in [4.78, 5) is 1.60. The quantitative estimate of drug-likeness (QED) is 0.736. The second-order valence-corrected chi connectivity index (χ2v) is 3.99. The summed E-state index contributed by atoms with van der Waals surface area (Å²) < 4.78 is 0. The normalized spacial score (nSPS) is 12.0. The fraction of sp³-hybridized carbons (Fsp3) is 0.875. The molecule has 5 heteroatoms. The summed E-state index contributed by atoms with van der Waals surface area (Å²) in [7, 11) is 0. The molecule has 1 rings (SSSR count).